The first-order valence-electron chi connectivity index (χ1n) is 4.90. The van der Waals surface area contributed by atoms with Gasteiger partial charge >= 0.3 is 0 Å². The minimum atomic E-state index is 0.835. The Bertz CT molecular complexity index is 287. The molecule has 1 aromatic carbocycles. The molecule has 0 atom stereocenters. The largest absolute Gasteiger partial charge is 0.493 e. The number of methoxy groups -OCH3 is 2. The summed E-state index contributed by atoms with van der Waals surface area (Å²) in [5, 5.41) is 0. The zero-order valence-electron chi connectivity index (χ0n) is 8.67. The molecule has 0 amide bonds. The molecule has 0 saturated heterocycles. The van der Waals surface area contributed by atoms with E-state index < -0.39 is 0 Å². The van der Waals surface area contributed by atoms with Gasteiger partial charge in [-0.1, -0.05) is 0 Å². The molecule has 0 aliphatic heterocycles. The third-order valence-electron chi connectivity index (χ3n) is 2.69. The Morgan fingerprint density at radius 1 is 1.00 bits per heavy atom. The smallest absolute Gasteiger partial charge is 0.161 e. The molecule has 1 aromatic rings. The first kappa shape index (κ1) is 9.38. The molecule has 0 N–H and O–H groups in total. The summed E-state index contributed by atoms with van der Waals surface area (Å²) >= 11 is 0. The van der Waals surface area contributed by atoms with Gasteiger partial charge in [-0.05, 0) is 48.9 Å². The van der Waals surface area contributed by atoms with Crippen LogP contribution in [0, 0.1) is 6.42 Å². The number of hydrogen-bond acceptors (Lipinski definition) is 2. The molecule has 0 spiro atoms. The molecule has 2 heteroatoms. The predicted octanol–water partition coefficient (Wildman–Crippen LogP) is 2.40. The van der Waals surface area contributed by atoms with Gasteiger partial charge in [-0.15, -0.1) is 0 Å². The summed E-state index contributed by atoms with van der Waals surface area (Å²) in [6.45, 7) is 0. The molecule has 2 nitrogen and oxygen atoms in total. The van der Waals surface area contributed by atoms with Crippen molar-refractivity contribution in [3.05, 3.63) is 29.7 Å². The molecule has 0 bridgehead atoms. The van der Waals surface area contributed by atoms with E-state index in [1.54, 1.807) is 14.2 Å². The van der Waals surface area contributed by atoms with Crippen molar-refractivity contribution in [2.75, 3.05) is 14.2 Å². The highest BCUT2D eigenvalue weighted by atomic mass is 16.5. The number of benzene rings is 1. The second-order valence-electron chi connectivity index (χ2n) is 3.51. The first-order chi connectivity index (χ1) is 6.85. The fourth-order valence-corrected chi connectivity index (χ4v) is 1.90. The number of aryl methyl sites for hydroxylation is 1. The Labute approximate surface area is 84.8 Å². The number of hydrogen-bond donors (Lipinski definition) is 0. The van der Waals surface area contributed by atoms with Crippen molar-refractivity contribution in [1.82, 2.24) is 0 Å². The van der Waals surface area contributed by atoms with Crippen molar-refractivity contribution in [3.63, 3.8) is 0 Å². The van der Waals surface area contributed by atoms with Crippen molar-refractivity contribution >= 4 is 0 Å². The minimum absolute atomic E-state index is 0.835. The van der Waals surface area contributed by atoms with Crippen molar-refractivity contribution in [3.8, 4) is 11.5 Å². The summed E-state index contributed by atoms with van der Waals surface area (Å²) in [4.78, 5) is 0. The molecule has 2 rings (SSSR count). The summed E-state index contributed by atoms with van der Waals surface area (Å²) in [6, 6.07) is 4.19. The lowest BCUT2D eigenvalue weighted by Crippen LogP contribution is -2.04. The van der Waals surface area contributed by atoms with Crippen LogP contribution in [0.15, 0.2) is 12.1 Å². The van der Waals surface area contributed by atoms with Crippen LogP contribution in [-0.2, 0) is 12.8 Å². The number of rotatable bonds is 2. The average molecular weight is 191 g/mol. The van der Waals surface area contributed by atoms with E-state index in [9.17, 15) is 0 Å². The summed E-state index contributed by atoms with van der Waals surface area (Å²) in [6.07, 6.45) is 5.65. The van der Waals surface area contributed by atoms with E-state index in [0.29, 0.717) is 0 Å². The van der Waals surface area contributed by atoms with Crippen LogP contribution in [-0.4, -0.2) is 14.2 Å². The topological polar surface area (TPSA) is 18.5 Å². The van der Waals surface area contributed by atoms with Crippen LogP contribution < -0.4 is 9.47 Å². The minimum Gasteiger partial charge on any atom is -0.493 e. The third-order valence-corrected chi connectivity index (χ3v) is 2.69. The summed E-state index contributed by atoms with van der Waals surface area (Å²) in [5.41, 5.74) is 2.76. The number of fused-ring (bicyclic) bond motifs is 1. The normalized spacial score (nSPS) is 14.7. The molecule has 0 saturated carbocycles. The van der Waals surface area contributed by atoms with E-state index in [0.717, 1.165) is 24.3 Å². The van der Waals surface area contributed by atoms with Gasteiger partial charge in [-0.25, -0.2) is 0 Å². The first-order valence-corrected chi connectivity index (χ1v) is 4.90. The molecule has 14 heavy (non-hydrogen) atoms. The molecular weight excluding hydrogens is 176 g/mol. The molecule has 0 fully saturated rings. The lowest BCUT2D eigenvalue weighted by Gasteiger charge is -2.18. The summed E-state index contributed by atoms with van der Waals surface area (Å²) in [7, 11) is 3.36. The van der Waals surface area contributed by atoms with E-state index in [2.05, 4.69) is 18.6 Å². The lowest BCUT2D eigenvalue weighted by atomic mass is 9.91. The Hall–Kier alpha value is -1.18. The van der Waals surface area contributed by atoms with Gasteiger partial charge in [0.25, 0.3) is 0 Å². The maximum atomic E-state index is 5.27. The second-order valence-corrected chi connectivity index (χ2v) is 3.51. The van der Waals surface area contributed by atoms with Crippen LogP contribution in [0.1, 0.15) is 17.5 Å². The standard InChI is InChI=1S/C12H15O2/c1-13-11-7-9-5-3-4-6-10(9)8-12(11)14-2/h3,7-8H,4-6H2,1-2H3. The van der Waals surface area contributed by atoms with Crippen molar-refractivity contribution < 1.29 is 9.47 Å². The summed E-state index contributed by atoms with van der Waals surface area (Å²) < 4.78 is 10.5. The average Bonchev–Trinajstić information content (AvgIpc) is 2.27. The Balaban J connectivity index is 2.43. The highest BCUT2D eigenvalue weighted by molar-refractivity contribution is 5.48. The van der Waals surface area contributed by atoms with Gasteiger partial charge in [-0.2, -0.15) is 0 Å². The molecule has 1 aliphatic carbocycles. The van der Waals surface area contributed by atoms with E-state index >= 15 is 0 Å². The second kappa shape index (κ2) is 3.91. The maximum Gasteiger partial charge on any atom is 0.161 e. The highest BCUT2D eigenvalue weighted by Crippen LogP contribution is 2.33. The van der Waals surface area contributed by atoms with Crippen LogP contribution in [0.3, 0.4) is 0 Å². The van der Waals surface area contributed by atoms with Crippen molar-refractivity contribution in [2.24, 2.45) is 0 Å². The Morgan fingerprint density at radius 3 is 2.29 bits per heavy atom. The van der Waals surface area contributed by atoms with E-state index in [1.165, 1.54) is 17.5 Å². The van der Waals surface area contributed by atoms with Crippen LogP contribution in [0.2, 0.25) is 0 Å². The number of ether oxygens (including phenoxy) is 2. The summed E-state index contributed by atoms with van der Waals surface area (Å²) in [5.74, 6) is 1.68. The SMILES string of the molecule is COc1cc2c(cc1OC)CC[CH]C2. The lowest BCUT2D eigenvalue weighted by molar-refractivity contribution is 0.354. The zero-order chi connectivity index (χ0) is 9.97. The van der Waals surface area contributed by atoms with Crippen LogP contribution in [0.5, 0.6) is 11.5 Å². The molecule has 0 aromatic heterocycles. The van der Waals surface area contributed by atoms with Gasteiger partial charge in [0, 0.05) is 0 Å². The Kier molecular flexibility index (Phi) is 2.62. The van der Waals surface area contributed by atoms with Gasteiger partial charge in [0.2, 0.25) is 0 Å². The Morgan fingerprint density at radius 2 is 1.64 bits per heavy atom. The fraction of sp³-hybridized carbons (Fsp3) is 0.417. The maximum absolute atomic E-state index is 5.27. The van der Waals surface area contributed by atoms with E-state index in [1.807, 2.05) is 0 Å². The van der Waals surface area contributed by atoms with Gasteiger partial charge in [0.1, 0.15) is 0 Å². The van der Waals surface area contributed by atoms with Gasteiger partial charge < -0.3 is 9.47 Å². The zero-order valence-corrected chi connectivity index (χ0v) is 8.67. The molecule has 1 aliphatic rings. The molecular formula is C12H15O2. The van der Waals surface area contributed by atoms with Crippen LogP contribution >= 0.6 is 0 Å². The van der Waals surface area contributed by atoms with Crippen molar-refractivity contribution in [1.29, 1.82) is 0 Å². The highest BCUT2D eigenvalue weighted by Gasteiger charge is 2.13. The van der Waals surface area contributed by atoms with Crippen molar-refractivity contribution in [2.45, 2.75) is 19.3 Å². The van der Waals surface area contributed by atoms with Gasteiger partial charge in [0.05, 0.1) is 14.2 Å². The molecule has 0 unspecified atom stereocenters. The van der Waals surface area contributed by atoms with E-state index in [4.69, 9.17) is 9.47 Å². The third kappa shape index (κ3) is 1.57. The van der Waals surface area contributed by atoms with Crippen LogP contribution in [0.25, 0.3) is 0 Å². The van der Waals surface area contributed by atoms with Crippen LogP contribution in [0.4, 0.5) is 0 Å². The van der Waals surface area contributed by atoms with Gasteiger partial charge in [-0.3, -0.25) is 0 Å². The fourth-order valence-electron chi connectivity index (χ4n) is 1.90. The quantitative estimate of drug-likeness (QED) is 0.714. The monoisotopic (exact) mass is 191 g/mol. The van der Waals surface area contributed by atoms with Gasteiger partial charge in [0.15, 0.2) is 11.5 Å². The van der Waals surface area contributed by atoms with E-state index in [-0.39, 0.29) is 0 Å². The predicted molar refractivity (Wildman–Crippen MR) is 55.9 cm³/mol. The molecule has 0 heterocycles. The molecule has 1 radical (unpaired) electrons. The molecule has 75 valence electrons.